The fraction of sp³-hybridized carbons (Fsp3) is 0.400. The summed E-state index contributed by atoms with van der Waals surface area (Å²) in [6.45, 7) is 2.48. The zero-order chi connectivity index (χ0) is 25.4. The van der Waals surface area contributed by atoms with E-state index in [0.29, 0.717) is 0 Å². The van der Waals surface area contributed by atoms with E-state index in [1.165, 1.54) is 6.07 Å². The molecule has 1 fully saturated rings. The van der Waals surface area contributed by atoms with E-state index in [2.05, 4.69) is 5.16 Å². The first kappa shape index (κ1) is 25.5. The SMILES string of the molecule is C[C@@H]1CC(=O)N1[C@@H](C(=O)O)[C@](C)(c1cc(CCOC(=O)c2ccc(O)c(O)c2Cl)on1)S(=O)[O-]. The van der Waals surface area contributed by atoms with Crippen molar-refractivity contribution >= 4 is 40.5 Å². The van der Waals surface area contributed by atoms with Gasteiger partial charge in [0.1, 0.15) is 21.2 Å². The maximum Gasteiger partial charge on any atom is 0.339 e. The van der Waals surface area contributed by atoms with Gasteiger partial charge in [-0.15, -0.1) is 0 Å². The van der Waals surface area contributed by atoms with Gasteiger partial charge in [-0.25, -0.2) is 9.59 Å². The van der Waals surface area contributed by atoms with Crippen molar-refractivity contribution in [1.29, 1.82) is 0 Å². The number of benzene rings is 1. The number of rotatable bonds is 9. The summed E-state index contributed by atoms with van der Waals surface area (Å²) in [6, 6.07) is 1.24. The summed E-state index contributed by atoms with van der Waals surface area (Å²) in [5, 5.41) is 32.0. The molecule has 1 aliphatic rings. The van der Waals surface area contributed by atoms with Gasteiger partial charge in [-0.2, -0.15) is 0 Å². The Labute approximate surface area is 200 Å². The molecule has 1 amide bonds. The normalized spacial score (nSPS) is 19.1. The predicted octanol–water partition coefficient (Wildman–Crippen LogP) is 1.31. The number of likely N-dealkylation sites (tertiary alicyclic amines) is 1. The van der Waals surface area contributed by atoms with Crippen LogP contribution in [0.4, 0.5) is 0 Å². The highest BCUT2D eigenvalue weighted by Gasteiger charge is 2.53. The van der Waals surface area contributed by atoms with Gasteiger partial charge in [0, 0.05) is 24.9 Å². The molecule has 0 radical (unpaired) electrons. The second-order valence-electron chi connectivity index (χ2n) is 7.80. The van der Waals surface area contributed by atoms with Crippen molar-refractivity contribution in [1.82, 2.24) is 10.1 Å². The molecule has 0 bridgehead atoms. The molecule has 1 aromatic carbocycles. The quantitative estimate of drug-likeness (QED) is 0.189. The van der Waals surface area contributed by atoms with Gasteiger partial charge in [0.25, 0.3) is 0 Å². The minimum atomic E-state index is -3.01. The number of aromatic nitrogens is 1. The number of carbonyl (C=O) groups excluding carboxylic acids is 2. The number of hydrogen-bond acceptors (Lipinski definition) is 10. The van der Waals surface area contributed by atoms with Crippen LogP contribution in [0.3, 0.4) is 0 Å². The molecule has 2 aromatic rings. The van der Waals surface area contributed by atoms with Gasteiger partial charge >= 0.3 is 11.9 Å². The molecule has 4 atom stereocenters. The molecule has 1 aliphatic heterocycles. The number of hydrogen-bond donors (Lipinski definition) is 3. The zero-order valence-electron chi connectivity index (χ0n) is 17.9. The van der Waals surface area contributed by atoms with Crippen molar-refractivity contribution in [2.24, 2.45) is 0 Å². The second kappa shape index (κ2) is 9.60. The van der Waals surface area contributed by atoms with Crippen molar-refractivity contribution in [3.63, 3.8) is 0 Å². The highest BCUT2D eigenvalue weighted by atomic mass is 35.5. The third-order valence-electron chi connectivity index (χ3n) is 5.58. The van der Waals surface area contributed by atoms with Gasteiger partial charge in [0.15, 0.2) is 17.5 Å². The van der Waals surface area contributed by atoms with Crippen LogP contribution in [-0.2, 0) is 36.6 Å². The van der Waals surface area contributed by atoms with Crippen LogP contribution in [0.1, 0.15) is 42.1 Å². The topological polar surface area (TPSA) is 191 Å². The number of amides is 1. The summed E-state index contributed by atoms with van der Waals surface area (Å²) in [5.41, 5.74) is -0.421. The van der Waals surface area contributed by atoms with E-state index in [0.717, 1.165) is 24.0 Å². The fourth-order valence-corrected chi connectivity index (χ4v) is 4.52. The zero-order valence-corrected chi connectivity index (χ0v) is 19.5. The molecule has 34 heavy (non-hydrogen) atoms. The highest BCUT2D eigenvalue weighted by molar-refractivity contribution is 7.80. The number of phenolic OH excluding ortho intramolecular Hbond substituents is 2. The van der Waals surface area contributed by atoms with Gasteiger partial charge < -0.3 is 34.0 Å². The average Bonchev–Trinajstić information content (AvgIpc) is 3.24. The summed E-state index contributed by atoms with van der Waals surface area (Å²) >= 11 is 2.81. The molecule has 1 aromatic heterocycles. The Bertz CT molecular complexity index is 1170. The lowest BCUT2D eigenvalue weighted by atomic mass is 9.89. The smallest absolute Gasteiger partial charge is 0.339 e. The molecule has 0 saturated carbocycles. The third-order valence-corrected chi connectivity index (χ3v) is 7.08. The van der Waals surface area contributed by atoms with E-state index in [9.17, 15) is 38.5 Å². The standard InChI is InChI=1S/C20H21ClN2O10S/c1-9-7-14(25)23(9)17(18(27)28)20(2,34(30)31)13-8-10(33-22-13)5-6-32-19(29)11-3-4-12(24)16(26)15(11)21/h3-4,8-9,17,24,26H,5-7H2,1-2H3,(H,27,28)(H,30,31)/p-1/t9-,17+,20+/m1/s1. The van der Waals surface area contributed by atoms with Crippen molar-refractivity contribution in [2.45, 2.75) is 43.5 Å². The molecule has 1 saturated heterocycles. The van der Waals surface area contributed by atoms with Crippen LogP contribution < -0.4 is 0 Å². The van der Waals surface area contributed by atoms with Gasteiger partial charge in [0.05, 0.1) is 12.2 Å². The number of carbonyl (C=O) groups is 3. The van der Waals surface area contributed by atoms with E-state index < -0.39 is 62.3 Å². The summed E-state index contributed by atoms with van der Waals surface area (Å²) in [4.78, 5) is 37.2. The molecule has 1 unspecified atom stereocenters. The Morgan fingerprint density at radius 1 is 1.44 bits per heavy atom. The Kier molecular flexibility index (Phi) is 7.19. The Balaban J connectivity index is 1.75. The monoisotopic (exact) mass is 515 g/mol. The Morgan fingerprint density at radius 3 is 2.68 bits per heavy atom. The minimum absolute atomic E-state index is 0.0568. The van der Waals surface area contributed by atoms with Crippen molar-refractivity contribution in [3.8, 4) is 11.5 Å². The lowest BCUT2D eigenvalue weighted by molar-refractivity contribution is -0.163. The van der Waals surface area contributed by atoms with E-state index in [1.807, 2.05) is 0 Å². The maximum atomic E-state index is 12.2. The van der Waals surface area contributed by atoms with Gasteiger partial charge in [-0.3, -0.25) is 9.00 Å². The van der Waals surface area contributed by atoms with Crippen molar-refractivity contribution in [3.05, 3.63) is 40.2 Å². The number of nitrogens with zero attached hydrogens (tertiary/aromatic N) is 2. The van der Waals surface area contributed by atoms with Gasteiger partial charge in [-0.05, 0) is 37.1 Å². The van der Waals surface area contributed by atoms with Crippen LogP contribution in [0, 0.1) is 0 Å². The van der Waals surface area contributed by atoms with E-state index in [-0.39, 0.29) is 36.5 Å². The Morgan fingerprint density at radius 2 is 2.12 bits per heavy atom. The van der Waals surface area contributed by atoms with E-state index >= 15 is 0 Å². The first-order chi connectivity index (χ1) is 15.9. The van der Waals surface area contributed by atoms with Gasteiger partial charge in [-0.1, -0.05) is 16.8 Å². The van der Waals surface area contributed by atoms with Crippen LogP contribution >= 0.6 is 11.6 Å². The van der Waals surface area contributed by atoms with Crippen molar-refractivity contribution in [2.75, 3.05) is 6.61 Å². The number of aliphatic carboxylic acids is 1. The summed E-state index contributed by atoms with van der Waals surface area (Å²) in [5.74, 6) is -4.01. The van der Waals surface area contributed by atoms with Crippen LogP contribution in [-0.4, -0.2) is 70.7 Å². The van der Waals surface area contributed by atoms with E-state index in [4.69, 9.17) is 20.9 Å². The maximum absolute atomic E-state index is 12.2. The first-order valence-electron chi connectivity index (χ1n) is 9.86. The number of halogens is 1. The molecule has 14 heteroatoms. The molecule has 3 rings (SSSR count). The number of ether oxygens (including phenoxy) is 1. The third kappa shape index (κ3) is 4.45. The largest absolute Gasteiger partial charge is 0.772 e. The lowest BCUT2D eigenvalue weighted by Gasteiger charge is -2.48. The second-order valence-corrected chi connectivity index (χ2v) is 9.49. The molecule has 12 nitrogen and oxygen atoms in total. The Hall–Kier alpha value is -3.16. The molecule has 184 valence electrons. The highest BCUT2D eigenvalue weighted by Crippen LogP contribution is 2.38. The predicted molar refractivity (Wildman–Crippen MR) is 114 cm³/mol. The van der Waals surface area contributed by atoms with Crippen LogP contribution in [0.25, 0.3) is 0 Å². The average molecular weight is 516 g/mol. The molecular formula is C20H20ClN2O10S-. The van der Waals surface area contributed by atoms with Crippen LogP contribution in [0.2, 0.25) is 5.02 Å². The van der Waals surface area contributed by atoms with E-state index in [1.54, 1.807) is 6.92 Å². The van der Waals surface area contributed by atoms with Crippen LogP contribution in [0.15, 0.2) is 22.7 Å². The number of carboxylic acids is 1. The number of β-lactam (4-membered cyclic amide) rings is 1. The fourth-order valence-electron chi connectivity index (χ4n) is 3.62. The first-order valence-corrected chi connectivity index (χ1v) is 11.3. The number of aromatic hydroxyl groups is 2. The number of phenols is 2. The molecular weight excluding hydrogens is 496 g/mol. The molecule has 0 aliphatic carbocycles. The number of esters is 1. The summed E-state index contributed by atoms with van der Waals surface area (Å²) < 4.78 is 32.4. The van der Waals surface area contributed by atoms with Crippen molar-refractivity contribution < 1.29 is 47.7 Å². The summed E-state index contributed by atoms with van der Waals surface area (Å²) in [6.07, 6.45) is 0.0440. The molecule has 2 heterocycles. The lowest BCUT2D eigenvalue weighted by Crippen LogP contribution is -2.65. The minimum Gasteiger partial charge on any atom is -0.772 e. The summed E-state index contributed by atoms with van der Waals surface area (Å²) in [7, 11) is 0. The molecule has 0 spiro atoms. The van der Waals surface area contributed by atoms with Crippen LogP contribution in [0.5, 0.6) is 11.5 Å². The van der Waals surface area contributed by atoms with Gasteiger partial charge in [0.2, 0.25) is 5.91 Å². The molecule has 3 N–H and O–H groups in total. The number of carboxylic acid groups (broad SMARTS) is 1.